The molecule has 0 aliphatic carbocycles. The topological polar surface area (TPSA) is 79.3 Å². The van der Waals surface area contributed by atoms with Crippen LogP contribution in [0.2, 0.25) is 0 Å². The van der Waals surface area contributed by atoms with Crippen LogP contribution in [0.5, 0.6) is 0 Å². The number of hydrogen-bond acceptors (Lipinski definition) is 4. The van der Waals surface area contributed by atoms with Crippen LogP contribution < -0.4 is 4.72 Å². The summed E-state index contributed by atoms with van der Waals surface area (Å²) in [6, 6.07) is 9.32. The van der Waals surface area contributed by atoms with E-state index in [1.54, 1.807) is 43.6 Å². The van der Waals surface area contributed by atoms with E-state index in [0.29, 0.717) is 5.56 Å². The van der Waals surface area contributed by atoms with Crippen LogP contribution in [0.15, 0.2) is 53.7 Å². The second-order valence-corrected chi connectivity index (χ2v) is 6.14. The maximum absolute atomic E-state index is 12.2. The molecule has 0 aliphatic rings. The molecule has 0 bridgehead atoms. The highest BCUT2D eigenvalue weighted by Crippen LogP contribution is 2.16. The maximum Gasteiger partial charge on any atom is 0.241 e. The van der Waals surface area contributed by atoms with Gasteiger partial charge in [-0.25, -0.2) is 13.1 Å². The van der Waals surface area contributed by atoms with Crippen molar-refractivity contribution in [3.8, 4) is 0 Å². The SMILES string of the molecule is CC(NS(=O)(=O)c1ccc(CO)cc1)c1ccncc1. The van der Waals surface area contributed by atoms with Crippen molar-refractivity contribution in [2.75, 3.05) is 0 Å². The lowest BCUT2D eigenvalue weighted by atomic mass is 10.1. The molecule has 1 aromatic carbocycles. The van der Waals surface area contributed by atoms with Gasteiger partial charge in [0.1, 0.15) is 0 Å². The van der Waals surface area contributed by atoms with E-state index in [1.807, 2.05) is 0 Å². The van der Waals surface area contributed by atoms with Gasteiger partial charge in [-0.3, -0.25) is 4.98 Å². The number of benzene rings is 1. The maximum atomic E-state index is 12.2. The van der Waals surface area contributed by atoms with Crippen LogP contribution in [0.25, 0.3) is 0 Å². The van der Waals surface area contributed by atoms with E-state index >= 15 is 0 Å². The molecule has 0 amide bonds. The summed E-state index contributed by atoms with van der Waals surface area (Å²) in [5.74, 6) is 0. The number of aromatic nitrogens is 1. The highest BCUT2D eigenvalue weighted by Gasteiger charge is 2.18. The second-order valence-electron chi connectivity index (χ2n) is 4.43. The normalized spacial score (nSPS) is 13.1. The fourth-order valence-electron chi connectivity index (χ4n) is 1.79. The lowest BCUT2D eigenvalue weighted by Gasteiger charge is -2.14. The minimum atomic E-state index is -3.58. The Morgan fingerprint density at radius 1 is 1.15 bits per heavy atom. The molecule has 0 fully saturated rings. The number of aliphatic hydroxyl groups is 1. The van der Waals surface area contributed by atoms with E-state index in [1.165, 1.54) is 12.1 Å². The summed E-state index contributed by atoms with van der Waals surface area (Å²) in [6.07, 6.45) is 3.24. The van der Waals surface area contributed by atoms with Gasteiger partial charge in [-0.15, -0.1) is 0 Å². The lowest BCUT2D eigenvalue weighted by Crippen LogP contribution is -2.26. The van der Waals surface area contributed by atoms with Gasteiger partial charge in [-0.1, -0.05) is 12.1 Å². The van der Waals surface area contributed by atoms with Crippen LogP contribution in [0.1, 0.15) is 24.1 Å². The van der Waals surface area contributed by atoms with Gasteiger partial charge in [-0.2, -0.15) is 0 Å². The summed E-state index contributed by atoms with van der Waals surface area (Å²) >= 11 is 0. The first-order valence-corrected chi connectivity index (χ1v) is 7.63. The van der Waals surface area contributed by atoms with Crippen LogP contribution in [-0.4, -0.2) is 18.5 Å². The van der Waals surface area contributed by atoms with Crippen molar-refractivity contribution in [2.24, 2.45) is 0 Å². The Hall–Kier alpha value is -1.76. The van der Waals surface area contributed by atoms with Crippen molar-refractivity contribution in [3.05, 3.63) is 59.9 Å². The predicted molar refractivity (Wildman–Crippen MR) is 75.3 cm³/mol. The van der Waals surface area contributed by atoms with Gasteiger partial charge in [0, 0.05) is 18.4 Å². The molecule has 1 unspecified atom stereocenters. The largest absolute Gasteiger partial charge is 0.392 e. The van der Waals surface area contributed by atoms with Crippen molar-refractivity contribution in [1.82, 2.24) is 9.71 Å². The van der Waals surface area contributed by atoms with E-state index in [9.17, 15) is 8.42 Å². The van der Waals surface area contributed by atoms with Crippen LogP contribution in [0.3, 0.4) is 0 Å². The minimum Gasteiger partial charge on any atom is -0.392 e. The van der Waals surface area contributed by atoms with Crippen LogP contribution in [0, 0.1) is 0 Å². The zero-order valence-corrected chi connectivity index (χ0v) is 11.8. The third kappa shape index (κ3) is 3.41. The van der Waals surface area contributed by atoms with Gasteiger partial charge >= 0.3 is 0 Å². The minimum absolute atomic E-state index is 0.110. The van der Waals surface area contributed by atoms with Gasteiger partial charge in [0.15, 0.2) is 0 Å². The van der Waals surface area contributed by atoms with E-state index in [2.05, 4.69) is 9.71 Å². The Labute approximate surface area is 118 Å². The monoisotopic (exact) mass is 292 g/mol. The van der Waals surface area contributed by atoms with Crippen molar-refractivity contribution >= 4 is 10.0 Å². The molecule has 1 heterocycles. The fraction of sp³-hybridized carbons (Fsp3) is 0.214. The molecule has 2 aromatic rings. The molecule has 20 heavy (non-hydrogen) atoms. The van der Waals surface area contributed by atoms with Crippen molar-refractivity contribution in [1.29, 1.82) is 0 Å². The molecule has 0 radical (unpaired) electrons. The molecule has 106 valence electrons. The van der Waals surface area contributed by atoms with Gasteiger partial charge in [0.2, 0.25) is 10.0 Å². The summed E-state index contributed by atoms with van der Waals surface area (Å²) < 4.78 is 27.1. The van der Waals surface area contributed by atoms with E-state index in [4.69, 9.17) is 5.11 Å². The molecule has 0 saturated carbocycles. The van der Waals surface area contributed by atoms with Gasteiger partial charge < -0.3 is 5.11 Å². The van der Waals surface area contributed by atoms with Gasteiger partial charge in [0.05, 0.1) is 11.5 Å². The smallest absolute Gasteiger partial charge is 0.241 e. The average molecular weight is 292 g/mol. The van der Waals surface area contributed by atoms with E-state index in [0.717, 1.165) is 5.56 Å². The van der Waals surface area contributed by atoms with Crippen LogP contribution in [-0.2, 0) is 16.6 Å². The Morgan fingerprint density at radius 2 is 1.75 bits per heavy atom. The first-order valence-electron chi connectivity index (χ1n) is 6.15. The first-order chi connectivity index (χ1) is 9.53. The summed E-state index contributed by atoms with van der Waals surface area (Å²) in [5, 5.41) is 8.95. The van der Waals surface area contributed by atoms with Crippen LogP contribution >= 0.6 is 0 Å². The molecule has 0 saturated heterocycles. The van der Waals surface area contributed by atoms with Crippen molar-refractivity contribution < 1.29 is 13.5 Å². The number of sulfonamides is 1. The Bertz CT molecular complexity index is 655. The number of hydrogen-bond donors (Lipinski definition) is 2. The molecular formula is C14H16N2O3S. The fourth-order valence-corrected chi connectivity index (χ4v) is 3.03. The van der Waals surface area contributed by atoms with E-state index < -0.39 is 10.0 Å². The molecular weight excluding hydrogens is 276 g/mol. The first kappa shape index (κ1) is 14.6. The summed E-state index contributed by atoms with van der Waals surface area (Å²) in [6.45, 7) is 1.66. The predicted octanol–water partition coefficient (Wildman–Crippen LogP) is 1.61. The third-order valence-electron chi connectivity index (χ3n) is 2.95. The molecule has 1 aromatic heterocycles. The molecule has 1 atom stereocenters. The zero-order chi connectivity index (χ0) is 14.6. The molecule has 0 aliphatic heterocycles. The number of pyridine rings is 1. The number of aliphatic hydroxyl groups excluding tert-OH is 1. The molecule has 6 heteroatoms. The van der Waals surface area contributed by atoms with E-state index in [-0.39, 0.29) is 17.5 Å². The molecule has 2 N–H and O–H groups in total. The number of nitrogens with zero attached hydrogens (tertiary/aromatic N) is 1. The standard InChI is InChI=1S/C14H16N2O3S/c1-11(13-6-8-15-9-7-13)16-20(18,19)14-4-2-12(10-17)3-5-14/h2-9,11,16-17H,10H2,1H3. The summed E-state index contributed by atoms with van der Waals surface area (Å²) in [7, 11) is -3.58. The van der Waals surface area contributed by atoms with Crippen molar-refractivity contribution in [2.45, 2.75) is 24.5 Å². The molecule has 0 spiro atoms. The second kappa shape index (κ2) is 6.13. The summed E-state index contributed by atoms with van der Waals surface area (Å²) in [4.78, 5) is 4.08. The third-order valence-corrected chi connectivity index (χ3v) is 4.51. The molecule has 2 rings (SSSR count). The Morgan fingerprint density at radius 3 is 2.30 bits per heavy atom. The van der Waals surface area contributed by atoms with Crippen molar-refractivity contribution in [3.63, 3.8) is 0 Å². The van der Waals surface area contributed by atoms with Crippen LogP contribution in [0.4, 0.5) is 0 Å². The quantitative estimate of drug-likeness (QED) is 0.877. The van der Waals surface area contributed by atoms with Gasteiger partial charge in [-0.05, 0) is 42.3 Å². The average Bonchev–Trinajstić information content (AvgIpc) is 2.48. The zero-order valence-electron chi connectivity index (χ0n) is 11.0. The van der Waals surface area contributed by atoms with Gasteiger partial charge in [0.25, 0.3) is 0 Å². The Kier molecular flexibility index (Phi) is 4.49. The number of rotatable bonds is 5. The molecule has 5 nitrogen and oxygen atoms in total. The lowest BCUT2D eigenvalue weighted by molar-refractivity contribution is 0.282. The highest BCUT2D eigenvalue weighted by molar-refractivity contribution is 7.89. The number of nitrogens with one attached hydrogen (secondary N) is 1. The Balaban J connectivity index is 2.18. The summed E-state index contributed by atoms with van der Waals surface area (Å²) in [5.41, 5.74) is 1.52. The highest BCUT2D eigenvalue weighted by atomic mass is 32.2.